The Morgan fingerprint density at radius 3 is 2.38 bits per heavy atom. The molecule has 0 unspecified atom stereocenters. The van der Waals surface area contributed by atoms with Gasteiger partial charge in [0.05, 0.1) is 0 Å². The zero-order chi connectivity index (χ0) is 17.2. The molecule has 0 radical (unpaired) electrons. The molecule has 0 N–H and O–H groups in total. The van der Waals surface area contributed by atoms with Gasteiger partial charge in [0.25, 0.3) is 5.91 Å². The highest BCUT2D eigenvalue weighted by atomic mass is 32.2. The van der Waals surface area contributed by atoms with Crippen LogP contribution in [0.5, 0.6) is 0 Å². The van der Waals surface area contributed by atoms with Crippen molar-refractivity contribution >= 4 is 27.7 Å². The van der Waals surface area contributed by atoms with Crippen LogP contribution in [0.15, 0.2) is 23.1 Å². The molecule has 2 heterocycles. The van der Waals surface area contributed by atoms with E-state index in [0.717, 1.165) is 36.8 Å². The maximum absolute atomic E-state index is 14.2. The summed E-state index contributed by atoms with van der Waals surface area (Å²) in [5, 5.41) is 0. The van der Waals surface area contributed by atoms with Crippen LogP contribution in [-0.4, -0.2) is 61.2 Å². The largest absolute Gasteiger partial charge is 0.337 e. The van der Waals surface area contributed by atoms with E-state index in [1.807, 2.05) is 0 Å². The van der Waals surface area contributed by atoms with Crippen molar-refractivity contribution in [1.82, 2.24) is 9.21 Å². The van der Waals surface area contributed by atoms with Gasteiger partial charge in [-0.25, -0.2) is 12.8 Å². The first-order chi connectivity index (χ1) is 11.5. The Labute approximate surface area is 146 Å². The molecule has 2 fully saturated rings. The SMILES string of the molecule is O=C(c1ccc(F)c(S(=O)(=O)N2CCCCC2)c1)N1CCSCC1. The fourth-order valence-corrected chi connectivity index (χ4v) is 5.54. The standard InChI is InChI=1S/C16H21FN2O3S2/c17-14-5-4-13(16(20)18-8-10-23-11-9-18)12-15(14)24(21,22)19-6-2-1-3-7-19/h4-5,12H,1-3,6-11H2. The van der Waals surface area contributed by atoms with Gasteiger partial charge in [0.1, 0.15) is 10.7 Å². The average Bonchev–Trinajstić information content (AvgIpc) is 2.63. The number of carbonyl (C=O) groups is 1. The number of hydrogen-bond acceptors (Lipinski definition) is 4. The number of rotatable bonds is 3. The summed E-state index contributed by atoms with van der Waals surface area (Å²) < 4.78 is 40.9. The third-order valence-electron chi connectivity index (χ3n) is 4.41. The minimum Gasteiger partial charge on any atom is -0.337 e. The quantitative estimate of drug-likeness (QED) is 0.816. The predicted molar refractivity (Wildman–Crippen MR) is 92.2 cm³/mol. The van der Waals surface area contributed by atoms with Gasteiger partial charge in [-0.2, -0.15) is 16.1 Å². The van der Waals surface area contributed by atoms with Gasteiger partial charge >= 0.3 is 0 Å². The highest BCUT2D eigenvalue weighted by Crippen LogP contribution is 2.25. The maximum Gasteiger partial charge on any atom is 0.253 e. The van der Waals surface area contributed by atoms with Crippen LogP contribution in [-0.2, 0) is 10.0 Å². The third-order valence-corrected chi connectivity index (χ3v) is 7.27. The molecule has 0 atom stereocenters. The Morgan fingerprint density at radius 1 is 1.04 bits per heavy atom. The maximum atomic E-state index is 14.2. The monoisotopic (exact) mass is 372 g/mol. The van der Waals surface area contributed by atoms with Crippen molar-refractivity contribution in [1.29, 1.82) is 0 Å². The lowest BCUT2D eigenvalue weighted by Gasteiger charge is -2.27. The Bertz CT molecular complexity index is 712. The van der Waals surface area contributed by atoms with E-state index in [0.29, 0.717) is 26.2 Å². The zero-order valence-corrected chi connectivity index (χ0v) is 15.0. The molecular weight excluding hydrogens is 351 g/mol. The summed E-state index contributed by atoms with van der Waals surface area (Å²) in [6, 6.07) is 3.65. The minimum absolute atomic E-state index is 0.231. The molecule has 3 rings (SSSR count). The van der Waals surface area contributed by atoms with Crippen molar-refractivity contribution in [3.63, 3.8) is 0 Å². The summed E-state index contributed by atoms with van der Waals surface area (Å²) in [6.45, 7) is 2.08. The second kappa shape index (κ2) is 7.41. The number of thioether (sulfide) groups is 1. The molecule has 2 aliphatic heterocycles. The van der Waals surface area contributed by atoms with E-state index in [1.165, 1.54) is 16.4 Å². The van der Waals surface area contributed by atoms with E-state index in [4.69, 9.17) is 0 Å². The van der Waals surface area contributed by atoms with Crippen molar-refractivity contribution in [2.45, 2.75) is 24.2 Å². The molecule has 0 spiro atoms. The first-order valence-electron chi connectivity index (χ1n) is 8.17. The van der Waals surface area contributed by atoms with E-state index < -0.39 is 15.8 Å². The van der Waals surface area contributed by atoms with Crippen molar-refractivity contribution in [2.75, 3.05) is 37.7 Å². The van der Waals surface area contributed by atoms with E-state index in [2.05, 4.69) is 0 Å². The molecule has 1 aromatic carbocycles. The van der Waals surface area contributed by atoms with Crippen LogP contribution in [0.4, 0.5) is 4.39 Å². The summed E-state index contributed by atoms with van der Waals surface area (Å²) in [6.07, 6.45) is 2.55. The lowest BCUT2D eigenvalue weighted by molar-refractivity contribution is 0.0772. The van der Waals surface area contributed by atoms with Crippen molar-refractivity contribution in [3.8, 4) is 0 Å². The lowest BCUT2D eigenvalue weighted by atomic mass is 10.2. The first-order valence-corrected chi connectivity index (χ1v) is 10.8. The molecule has 5 nitrogen and oxygen atoms in total. The van der Waals surface area contributed by atoms with Gasteiger partial charge < -0.3 is 4.90 Å². The van der Waals surface area contributed by atoms with E-state index in [9.17, 15) is 17.6 Å². The Balaban J connectivity index is 1.89. The Morgan fingerprint density at radius 2 is 1.71 bits per heavy atom. The summed E-state index contributed by atoms with van der Waals surface area (Å²) >= 11 is 1.78. The molecule has 1 amide bonds. The molecule has 2 aliphatic rings. The van der Waals surface area contributed by atoms with Crippen LogP contribution in [0.25, 0.3) is 0 Å². The summed E-state index contributed by atoms with van der Waals surface area (Å²) in [5.74, 6) is 0.703. The fourth-order valence-electron chi connectivity index (χ4n) is 3.03. The molecule has 132 valence electrons. The second-order valence-electron chi connectivity index (χ2n) is 6.01. The molecule has 2 saturated heterocycles. The number of hydrogen-bond donors (Lipinski definition) is 0. The number of sulfonamides is 1. The zero-order valence-electron chi connectivity index (χ0n) is 13.4. The smallest absolute Gasteiger partial charge is 0.253 e. The van der Waals surface area contributed by atoms with Crippen LogP contribution < -0.4 is 0 Å². The van der Waals surface area contributed by atoms with Crippen LogP contribution >= 0.6 is 11.8 Å². The molecule has 1 aromatic rings. The minimum atomic E-state index is -3.90. The summed E-state index contributed by atoms with van der Waals surface area (Å²) in [7, 11) is -3.90. The van der Waals surface area contributed by atoms with Gasteiger partial charge in [0.2, 0.25) is 10.0 Å². The third kappa shape index (κ3) is 3.60. The highest BCUT2D eigenvalue weighted by Gasteiger charge is 2.30. The first kappa shape index (κ1) is 17.7. The van der Waals surface area contributed by atoms with Crippen molar-refractivity contribution in [2.24, 2.45) is 0 Å². The van der Waals surface area contributed by atoms with Gasteiger partial charge in [-0.3, -0.25) is 4.79 Å². The van der Waals surface area contributed by atoms with E-state index in [1.54, 1.807) is 16.7 Å². The van der Waals surface area contributed by atoms with E-state index in [-0.39, 0.29) is 16.4 Å². The van der Waals surface area contributed by atoms with Crippen molar-refractivity contribution < 1.29 is 17.6 Å². The number of carbonyl (C=O) groups excluding carboxylic acids is 1. The molecule has 24 heavy (non-hydrogen) atoms. The van der Waals surface area contributed by atoms with Gasteiger partial charge in [0.15, 0.2) is 0 Å². The predicted octanol–water partition coefficient (Wildman–Crippen LogP) is 2.19. The average molecular weight is 372 g/mol. The highest BCUT2D eigenvalue weighted by molar-refractivity contribution is 7.99. The summed E-state index contributed by atoms with van der Waals surface area (Å²) in [5.41, 5.74) is 0.235. The van der Waals surface area contributed by atoms with Gasteiger partial charge in [-0.15, -0.1) is 0 Å². The van der Waals surface area contributed by atoms with Gasteiger partial charge in [-0.05, 0) is 31.0 Å². The second-order valence-corrected chi connectivity index (χ2v) is 9.15. The molecule has 0 aromatic heterocycles. The van der Waals surface area contributed by atoms with Crippen LogP contribution in [0.1, 0.15) is 29.6 Å². The normalized spacial score (nSPS) is 20.1. The van der Waals surface area contributed by atoms with Crippen molar-refractivity contribution in [3.05, 3.63) is 29.6 Å². The Kier molecular flexibility index (Phi) is 5.46. The molecule has 0 saturated carbocycles. The number of halogens is 1. The fraction of sp³-hybridized carbons (Fsp3) is 0.562. The lowest BCUT2D eigenvalue weighted by Crippen LogP contribution is -2.38. The van der Waals surface area contributed by atoms with E-state index >= 15 is 0 Å². The van der Waals surface area contributed by atoms with Gasteiger partial charge in [0, 0.05) is 43.2 Å². The summed E-state index contributed by atoms with van der Waals surface area (Å²) in [4.78, 5) is 13.9. The topological polar surface area (TPSA) is 57.7 Å². The number of piperidine rings is 1. The Hall–Kier alpha value is -1.12. The number of nitrogens with zero attached hydrogens (tertiary/aromatic N) is 2. The number of benzene rings is 1. The van der Waals surface area contributed by atoms with Crippen LogP contribution in [0, 0.1) is 5.82 Å². The molecular formula is C16H21FN2O3S2. The molecule has 0 aliphatic carbocycles. The van der Waals surface area contributed by atoms with Gasteiger partial charge in [-0.1, -0.05) is 6.42 Å². The molecule has 0 bridgehead atoms. The van der Waals surface area contributed by atoms with Crippen LogP contribution in [0.3, 0.4) is 0 Å². The van der Waals surface area contributed by atoms with Crippen LogP contribution in [0.2, 0.25) is 0 Å². The number of amides is 1. The molecule has 8 heteroatoms.